The molecule has 1 aromatic heterocycles. The second kappa shape index (κ2) is 6.62. The second-order valence-electron chi connectivity index (χ2n) is 5.92. The van der Waals surface area contributed by atoms with Crippen LogP contribution in [0.4, 0.5) is 0 Å². The molecule has 0 atom stereocenters. The van der Waals surface area contributed by atoms with Crippen molar-refractivity contribution >= 4 is 5.97 Å². The summed E-state index contributed by atoms with van der Waals surface area (Å²) >= 11 is 0. The van der Waals surface area contributed by atoms with Gasteiger partial charge in [0.25, 0.3) is 0 Å². The summed E-state index contributed by atoms with van der Waals surface area (Å²) in [4.78, 5) is 19.8. The van der Waals surface area contributed by atoms with Crippen molar-refractivity contribution in [1.82, 2.24) is 9.97 Å². The van der Waals surface area contributed by atoms with Crippen LogP contribution in [0.3, 0.4) is 0 Å². The molecule has 0 spiro atoms. The van der Waals surface area contributed by atoms with Gasteiger partial charge >= 0.3 is 5.97 Å². The normalized spacial score (nSPS) is 10.8. The summed E-state index contributed by atoms with van der Waals surface area (Å²) in [5.74, 6) is 0.131. The van der Waals surface area contributed by atoms with Crippen molar-refractivity contribution in [3.8, 4) is 22.6 Å². The van der Waals surface area contributed by atoms with Crippen LogP contribution >= 0.6 is 0 Å². The monoisotopic (exact) mass is 318 g/mol. The van der Waals surface area contributed by atoms with Crippen LogP contribution < -0.4 is 0 Å². The Morgan fingerprint density at radius 3 is 2.12 bits per heavy atom. The zero-order valence-corrected chi connectivity index (χ0v) is 13.6. The van der Waals surface area contributed by atoms with E-state index in [1.807, 2.05) is 6.07 Å². The van der Waals surface area contributed by atoms with Crippen LogP contribution in [0.1, 0.15) is 35.7 Å². The first kappa shape index (κ1) is 15.9. The fraction of sp³-hybridized carbons (Fsp3) is 0.150. The number of aromatic nitrogens is 2. The zero-order chi connectivity index (χ0) is 17.1. The highest BCUT2D eigenvalue weighted by atomic mass is 16.4. The van der Waals surface area contributed by atoms with Gasteiger partial charge in [0.1, 0.15) is 0 Å². The summed E-state index contributed by atoms with van der Waals surface area (Å²) in [6.45, 7) is 4.33. The van der Waals surface area contributed by atoms with Gasteiger partial charge in [0, 0.05) is 17.3 Å². The highest BCUT2D eigenvalue weighted by Crippen LogP contribution is 2.23. The molecule has 0 radical (unpaired) electrons. The average molecular weight is 318 g/mol. The van der Waals surface area contributed by atoms with E-state index in [0.717, 1.165) is 16.8 Å². The largest absolute Gasteiger partial charge is 0.478 e. The molecule has 0 aliphatic heterocycles. The quantitative estimate of drug-likeness (QED) is 0.761. The van der Waals surface area contributed by atoms with E-state index in [-0.39, 0.29) is 5.56 Å². The molecule has 3 aromatic rings. The van der Waals surface area contributed by atoms with Gasteiger partial charge in [-0.05, 0) is 29.7 Å². The highest BCUT2D eigenvalue weighted by molar-refractivity contribution is 5.88. The number of hydrogen-bond acceptors (Lipinski definition) is 3. The van der Waals surface area contributed by atoms with E-state index in [0.29, 0.717) is 11.7 Å². The molecule has 120 valence electrons. The minimum atomic E-state index is -0.943. The standard InChI is InChI=1S/C20H18N2O2/c1-13(2)14-3-5-15(6-4-14)18-11-12-21-19(22-18)16-7-9-17(10-8-16)20(23)24/h3-13H,1-2H3,(H,23,24). The van der Waals surface area contributed by atoms with Crippen molar-refractivity contribution in [2.75, 3.05) is 0 Å². The molecule has 1 N–H and O–H groups in total. The summed E-state index contributed by atoms with van der Waals surface area (Å²) in [7, 11) is 0. The first-order valence-electron chi connectivity index (χ1n) is 7.81. The number of benzene rings is 2. The number of carbonyl (C=O) groups is 1. The van der Waals surface area contributed by atoms with Crippen molar-refractivity contribution in [3.05, 3.63) is 71.9 Å². The van der Waals surface area contributed by atoms with E-state index < -0.39 is 5.97 Å². The van der Waals surface area contributed by atoms with E-state index in [2.05, 4.69) is 48.1 Å². The van der Waals surface area contributed by atoms with Gasteiger partial charge in [-0.15, -0.1) is 0 Å². The molecule has 4 heteroatoms. The average Bonchev–Trinajstić information content (AvgIpc) is 2.62. The van der Waals surface area contributed by atoms with Gasteiger partial charge in [-0.2, -0.15) is 0 Å². The lowest BCUT2D eigenvalue weighted by Gasteiger charge is -2.08. The third-order valence-electron chi connectivity index (χ3n) is 3.92. The van der Waals surface area contributed by atoms with Crippen LogP contribution in [0, 0.1) is 0 Å². The van der Waals surface area contributed by atoms with Gasteiger partial charge in [-0.3, -0.25) is 0 Å². The molecule has 24 heavy (non-hydrogen) atoms. The maximum atomic E-state index is 10.9. The first-order chi connectivity index (χ1) is 11.5. The molecule has 4 nitrogen and oxygen atoms in total. The van der Waals surface area contributed by atoms with Gasteiger partial charge in [-0.25, -0.2) is 14.8 Å². The molecule has 0 amide bonds. The summed E-state index contributed by atoms with van der Waals surface area (Å²) in [6.07, 6.45) is 1.72. The Bertz CT molecular complexity index is 854. The van der Waals surface area contributed by atoms with Crippen LogP contribution in [0.5, 0.6) is 0 Å². The van der Waals surface area contributed by atoms with Crippen molar-refractivity contribution in [1.29, 1.82) is 0 Å². The Labute approximate surface area is 140 Å². The zero-order valence-electron chi connectivity index (χ0n) is 13.6. The molecule has 1 heterocycles. The van der Waals surface area contributed by atoms with Crippen LogP contribution in [0.2, 0.25) is 0 Å². The van der Waals surface area contributed by atoms with Crippen molar-refractivity contribution in [2.24, 2.45) is 0 Å². The molecule has 2 aromatic carbocycles. The summed E-state index contributed by atoms with van der Waals surface area (Å²) < 4.78 is 0. The number of hydrogen-bond donors (Lipinski definition) is 1. The Hall–Kier alpha value is -3.01. The SMILES string of the molecule is CC(C)c1ccc(-c2ccnc(-c3ccc(C(=O)O)cc3)n2)cc1. The Morgan fingerprint density at radius 1 is 0.917 bits per heavy atom. The smallest absolute Gasteiger partial charge is 0.335 e. The van der Waals surface area contributed by atoms with E-state index in [4.69, 9.17) is 5.11 Å². The Kier molecular flexibility index (Phi) is 4.38. The van der Waals surface area contributed by atoms with Gasteiger partial charge in [0.2, 0.25) is 0 Å². The van der Waals surface area contributed by atoms with Crippen molar-refractivity contribution in [2.45, 2.75) is 19.8 Å². The van der Waals surface area contributed by atoms with Crippen LogP contribution in [-0.4, -0.2) is 21.0 Å². The molecule has 3 rings (SSSR count). The third-order valence-corrected chi connectivity index (χ3v) is 3.92. The lowest BCUT2D eigenvalue weighted by Crippen LogP contribution is -1.96. The minimum Gasteiger partial charge on any atom is -0.478 e. The number of carboxylic acid groups (broad SMARTS) is 1. The Balaban J connectivity index is 1.92. The summed E-state index contributed by atoms with van der Waals surface area (Å²) in [5.41, 5.74) is 4.21. The maximum Gasteiger partial charge on any atom is 0.335 e. The van der Waals surface area contributed by atoms with Crippen LogP contribution in [0.15, 0.2) is 60.8 Å². The van der Waals surface area contributed by atoms with Gasteiger partial charge < -0.3 is 5.11 Å². The fourth-order valence-electron chi connectivity index (χ4n) is 2.46. The molecule has 0 aliphatic carbocycles. The number of rotatable bonds is 4. The molecule has 0 unspecified atom stereocenters. The lowest BCUT2D eigenvalue weighted by atomic mass is 10.0. The topological polar surface area (TPSA) is 63.1 Å². The second-order valence-corrected chi connectivity index (χ2v) is 5.92. The molecular weight excluding hydrogens is 300 g/mol. The van der Waals surface area contributed by atoms with Crippen LogP contribution in [0.25, 0.3) is 22.6 Å². The third kappa shape index (κ3) is 3.33. The van der Waals surface area contributed by atoms with Gasteiger partial charge in [0.05, 0.1) is 11.3 Å². The highest BCUT2D eigenvalue weighted by Gasteiger charge is 2.07. The summed E-state index contributed by atoms with van der Waals surface area (Å²) in [6, 6.07) is 16.8. The molecule has 0 saturated carbocycles. The van der Waals surface area contributed by atoms with E-state index in [1.54, 1.807) is 30.5 Å². The van der Waals surface area contributed by atoms with E-state index in [1.165, 1.54) is 5.56 Å². The number of nitrogens with zero attached hydrogens (tertiary/aromatic N) is 2. The maximum absolute atomic E-state index is 10.9. The Morgan fingerprint density at radius 2 is 1.54 bits per heavy atom. The first-order valence-corrected chi connectivity index (χ1v) is 7.81. The predicted molar refractivity (Wildman–Crippen MR) is 94.0 cm³/mol. The van der Waals surface area contributed by atoms with Crippen LogP contribution in [-0.2, 0) is 0 Å². The number of carboxylic acids is 1. The van der Waals surface area contributed by atoms with Crippen molar-refractivity contribution < 1.29 is 9.90 Å². The molecular formula is C20H18N2O2. The number of aromatic carboxylic acids is 1. The molecule has 0 fully saturated rings. The minimum absolute atomic E-state index is 0.249. The van der Waals surface area contributed by atoms with E-state index >= 15 is 0 Å². The molecule has 0 saturated heterocycles. The fourth-order valence-corrected chi connectivity index (χ4v) is 2.46. The predicted octanol–water partition coefficient (Wildman–Crippen LogP) is 4.63. The lowest BCUT2D eigenvalue weighted by molar-refractivity contribution is 0.0697. The molecule has 0 bridgehead atoms. The molecule has 0 aliphatic rings. The van der Waals surface area contributed by atoms with Gasteiger partial charge in [0.15, 0.2) is 5.82 Å². The van der Waals surface area contributed by atoms with E-state index in [9.17, 15) is 4.79 Å². The van der Waals surface area contributed by atoms with Gasteiger partial charge in [-0.1, -0.05) is 50.2 Å². The van der Waals surface area contributed by atoms with Crippen molar-refractivity contribution in [3.63, 3.8) is 0 Å². The summed E-state index contributed by atoms with van der Waals surface area (Å²) in [5, 5.41) is 8.97.